The molecule has 10 heteroatoms. The van der Waals surface area contributed by atoms with Crippen LogP contribution in [0.25, 0.3) is 32.0 Å². The second-order valence-electron chi connectivity index (χ2n) is 6.71. The van der Waals surface area contributed by atoms with Crippen LogP contribution in [0, 0.1) is 0 Å². The molecule has 4 aromatic rings. The van der Waals surface area contributed by atoms with E-state index in [1.54, 1.807) is 43.2 Å². The maximum atomic E-state index is 5.64. The van der Waals surface area contributed by atoms with Crippen molar-refractivity contribution in [2.45, 2.75) is 0 Å². The molecule has 1 aliphatic rings. The molecule has 5 rings (SSSR count). The van der Waals surface area contributed by atoms with Crippen LogP contribution in [0.15, 0.2) is 36.9 Å². The van der Waals surface area contributed by atoms with Crippen LogP contribution in [-0.4, -0.2) is 58.3 Å². The minimum absolute atomic E-state index is 0.218. The Kier molecular flexibility index (Phi) is 4.85. The van der Waals surface area contributed by atoms with E-state index in [1.807, 2.05) is 6.07 Å². The van der Waals surface area contributed by atoms with Gasteiger partial charge in [0.1, 0.15) is 16.4 Å². The zero-order valence-electron chi connectivity index (χ0n) is 16.3. The van der Waals surface area contributed by atoms with E-state index in [4.69, 9.17) is 25.2 Å². The molecule has 1 aliphatic heterocycles. The molecule has 0 aliphatic carbocycles. The number of nitrogen functional groups attached to an aromatic ring is 1. The number of rotatable bonds is 4. The average molecular weight is 421 g/mol. The van der Waals surface area contributed by atoms with Gasteiger partial charge < -0.3 is 20.1 Å². The van der Waals surface area contributed by atoms with Crippen LogP contribution in [0.3, 0.4) is 0 Å². The van der Waals surface area contributed by atoms with Gasteiger partial charge in [0.15, 0.2) is 5.82 Å². The number of thiophene rings is 1. The Hall–Kier alpha value is -3.37. The first-order valence-electron chi connectivity index (χ1n) is 9.43. The SMILES string of the molecule is COc1ccncc1-c1cc2c(N3CCOCC3)nc(-c3cnc(N)nc3)nc2s1. The van der Waals surface area contributed by atoms with Crippen LogP contribution in [0.5, 0.6) is 5.75 Å². The summed E-state index contributed by atoms with van der Waals surface area (Å²) in [5.74, 6) is 2.43. The van der Waals surface area contributed by atoms with Gasteiger partial charge >= 0.3 is 0 Å². The number of methoxy groups -OCH3 is 1. The fourth-order valence-electron chi connectivity index (χ4n) is 3.38. The molecule has 0 saturated carbocycles. The predicted molar refractivity (Wildman–Crippen MR) is 116 cm³/mol. The zero-order valence-corrected chi connectivity index (χ0v) is 17.1. The second-order valence-corrected chi connectivity index (χ2v) is 7.74. The summed E-state index contributed by atoms with van der Waals surface area (Å²) in [5.41, 5.74) is 7.28. The summed E-state index contributed by atoms with van der Waals surface area (Å²) in [6, 6.07) is 3.96. The van der Waals surface area contributed by atoms with Crippen LogP contribution < -0.4 is 15.4 Å². The molecule has 1 fully saturated rings. The Bertz CT molecular complexity index is 1190. The summed E-state index contributed by atoms with van der Waals surface area (Å²) in [5, 5.41) is 0.989. The van der Waals surface area contributed by atoms with Crippen LogP contribution in [-0.2, 0) is 4.74 Å². The van der Waals surface area contributed by atoms with Crippen LogP contribution in [0.1, 0.15) is 0 Å². The fourth-order valence-corrected chi connectivity index (χ4v) is 4.42. The van der Waals surface area contributed by atoms with E-state index in [2.05, 4.69) is 25.9 Å². The number of pyridine rings is 1. The van der Waals surface area contributed by atoms with E-state index in [9.17, 15) is 0 Å². The first-order valence-corrected chi connectivity index (χ1v) is 10.2. The summed E-state index contributed by atoms with van der Waals surface area (Å²) >= 11 is 1.58. The van der Waals surface area contributed by atoms with Gasteiger partial charge in [0, 0.05) is 42.8 Å². The molecule has 4 aromatic heterocycles. The maximum Gasteiger partial charge on any atom is 0.219 e. The van der Waals surface area contributed by atoms with Crippen molar-refractivity contribution in [1.82, 2.24) is 24.9 Å². The van der Waals surface area contributed by atoms with Crippen molar-refractivity contribution in [1.29, 1.82) is 0 Å². The van der Waals surface area contributed by atoms with Gasteiger partial charge in [-0.2, -0.15) is 0 Å². The number of ether oxygens (including phenoxy) is 2. The van der Waals surface area contributed by atoms with Gasteiger partial charge in [0.2, 0.25) is 5.95 Å². The highest BCUT2D eigenvalue weighted by atomic mass is 32.1. The first-order chi connectivity index (χ1) is 14.7. The second kappa shape index (κ2) is 7.81. The number of morpholine rings is 1. The highest BCUT2D eigenvalue weighted by molar-refractivity contribution is 7.22. The Labute approximate surface area is 176 Å². The van der Waals surface area contributed by atoms with Gasteiger partial charge in [-0.05, 0) is 12.1 Å². The minimum Gasteiger partial charge on any atom is -0.496 e. The van der Waals surface area contributed by atoms with E-state index in [-0.39, 0.29) is 5.95 Å². The lowest BCUT2D eigenvalue weighted by atomic mass is 10.2. The van der Waals surface area contributed by atoms with Gasteiger partial charge in [-0.3, -0.25) is 4.98 Å². The van der Waals surface area contributed by atoms with Crippen LogP contribution in [0.2, 0.25) is 0 Å². The lowest BCUT2D eigenvalue weighted by Gasteiger charge is -2.28. The minimum atomic E-state index is 0.218. The average Bonchev–Trinajstić information content (AvgIpc) is 3.23. The van der Waals surface area contributed by atoms with Gasteiger partial charge in [-0.1, -0.05) is 0 Å². The van der Waals surface area contributed by atoms with E-state index < -0.39 is 0 Å². The Morgan fingerprint density at radius 1 is 1.13 bits per heavy atom. The molecule has 0 bridgehead atoms. The van der Waals surface area contributed by atoms with Crippen LogP contribution >= 0.6 is 11.3 Å². The van der Waals surface area contributed by atoms with Gasteiger partial charge in [0.25, 0.3) is 0 Å². The maximum absolute atomic E-state index is 5.64. The number of nitrogens with two attached hydrogens (primary N) is 1. The van der Waals surface area contributed by atoms with Crippen molar-refractivity contribution >= 4 is 33.3 Å². The summed E-state index contributed by atoms with van der Waals surface area (Å²) in [6.07, 6.45) is 6.81. The summed E-state index contributed by atoms with van der Waals surface area (Å²) in [4.78, 5) is 26.2. The molecular weight excluding hydrogens is 402 g/mol. The highest BCUT2D eigenvalue weighted by Crippen LogP contribution is 2.40. The summed E-state index contributed by atoms with van der Waals surface area (Å²) in [7, 11) is 1.66. The largest absolute Gasteiger partial charge is 0.496 e. The topological polar surface area (TPSA) is 112 Å². The molecule has 0 spiro atoms. The van der Waals surface area contributed by atoms with Crippen molar-refractivity contribution in [3.63, 3.8) is 0 Å². The lowest BCUT2D eigenvalue weighted by Crippen LogP contribution is -2.37. The third-order valence-electron chi connectivity index (χ3n) is 4.88. The molecule has 9 nitrogen and oxygen atoms in total. The number of hydrogen-bond acceptors (Lipinski definition) is 10. The van der Waals surface area contributed by atoms with Crippen LogP contribution in [0.4, 0.5) is 11.8 Å². The molecular formula is C20H19N7O2S. The molecule has 2 N–H and O–H groups in total. The number of anilines is 2. The third-order valence-corrected chi connectivity index (χ3v) is 5.94. The quantitative estimate of drug-likeness (QED) is 0.531. The molecule has 30 heavy (non-hydrogen) atoms. The van der Waals surface area contributed by atoms with Crippen molar-refractivity contribution in [2.24, 2.45) is 0 Å². The predicted octanol–water partition coefficient (Wildman–Crippen LogP) is 2.64. The van der Waals surface area contributed by atoms with Crippen molar-refractivity contribution < 1.29 is 9.47 Å². The number of aromatic nitrogens is 5. The molecule has 1 saturated heterocycles. The number of hydrogen-bond donors (Lipinski definition) is 1. The van der Waals surface area contributed by atoms with Gasteiger partial charge in [-0.25, -0.2) is 19.9 Å². The monoisotopic (exact) mass is 421 g/mol. The normalized spacial score (nSPS) is 14.2. The van der Waals surface area contributed by atoms with Gasteiger partial charge in [-0.15, -0.1) is 11.3 Å². The number of fused-ring (bicyclic) bond motifs is 1. The van der Waals surface area contributed by atoms with E-state index in [0.29, 0.717) is 19.0 Å². The molecule has 0 amide bonds. The molecule has 0 aromatic carbocycles. The Balaban J connectivity index is 1.69. The smallest absolute Gasteiger partial charge is 0.219 e. The molecule has 0 radical (unpaired) electrons. The highest BCUT2D eigenvalue weighted by Gasteiger charge is 2.21. The summed E-state index contributed by atoms with van der Waals surface area (Å²) < 4.78 is 11.0. The molecule has 152 valence electrons. The molecule has 5 heterocycles. The van der Waals surface area contributed by atoms with Crippen molar-refractivity contribution in [2.75, 3.05) is 44.0 Å². The number of nitrogens with zero attached hydrogens (tertiary/aromatic N) is 6. The van der Waals surface area contributed by atoms with E-state index in [1.165, 1.54) is 0 Å². The first kappa shape index (κ1) is 18.6. The zero-order chi connectivity index (χ0) is 20.5. The van der Waals surface area contributed by atoms with E-state index >= 15 is 0 Å². The fraction of sp³-hybridized carbons (Fsp3) is 0.250. The summed E-state index contributed by atoms with van der Waals surface area (Å²) in [6.45, 7) is 2.87. The van der Waals surface area contributed by atoms with Gasteiger partial charge in [0.05, 0.1) is 36.8 Å². The Morgan fingerprint density at radius 2 is 1.93 bits per heavy atom. The van der Waals surface area contributed by atoms with E-state index in [0.717, 1.165) is 50.9 Å². The standard InChI is InChI=1S/C20H19N7O2S/c1-28-15-2-3-22-11-14(15)16-8-13-18(27-4-6-29-7-5-27)25-17(26-19(13)30-16)12-9-23-20(21)24-10-12/h2-3,8-11H,4-7H2,1H3,(H2,21,23,24). The van der Waals surface area contributed by atoms with Crippen molar-refractivity contribution in [3.8, 4) is 27.6 Å². The van der Waals surface area contributed by atoms with Crippen molar-refractivity contribution in [3.05, 3.63) is 36.9 Å². The third kappa shape index (κ3) is 3.40. The Morgan fingerprint density at radius 3 is 2.70 bits per heavy atom. The lowest BCUT2D eigenvalue weighted by molar-refractivity contribution is 0.122. The molecule has 0 unspecified atom stereocenters. The molecule has 0 atom stereocenters.